The Hall–Kier alpha value is -0.770. The highest BCUT2D eigenvalue weighted by Crippen LogP contribution is 2.38. The maximum atomic E-state index is 13.1. The third kappa shape index (κ3) is 12.6. The average molecular weight is 546 g/mol. The first-order valence-electron chi connectivity index (χ1n) is 14.3. The van der Waals surface area contributed by atoms with Crippen molar-refractivity contribution in [2.75, 3.05) is 6.61 Å². The molecular formula is C30H59NO7. The summed E-state index contributed by atoms with van der Waals surface area (Å²) in [7, 11) is 0. The number of amides is 1. The Kier molecular flexibility index (Phi) is 12.7. The van der Waals surface area contributed by atoms with Gasteiger partial charge in [-0.25, -0.2) is 0 Å². The molecular weight excluding hydrogens is 486 g/mol. The molecule has 0 aromatic heterocycles. The summed E-state index contributed by atoms with van der Waals surface area (Å²) in [6.07, 6.45) is -2.99. The number of nitrogens with one attached hydrogen (secondary N) is 1. The first-order chi connectivity index (χ1) is 17.0. The second kappa shape index (κ2) is 13.7. The monoisotopic (exact) mass is 545 g/mol. The Morgan fingerprint density at radius 3 is 1.95 bits per heavy atom. The molecule has 8 heteroatoms. The maximum Gasteiger partial charge on any atom is 0.220 e. The third-order valence-corrected chi connectivity index (χ3v) is 7.42. The average Bonchev–Trinajstić information content (AvgIpc) is 2.80. The van der Waals surface area contributed by atoms with E-state index in [1.54, 1.807) is 0 Å². The number of hydrogen-bond acceptors (Lipinski definition) is 7. The molecule has 1 amide bonds. The Morgan fingerprint density at radius 1 is 0.868 bits per heavy atom. The van der Waals surface area contributed by atoms with E-state index in [4.69, 9.17) is 4.74 Å². The molecule has 7 unspecified atom stereocenters. The first-order valence-corrected chi connectivity index (χ1v) is 14.3. The molecule has 1 aliphatic carbocycles. The van der Waals surface area contributed by atoms with Crippen molar-refractivity contribution in [1.82, 2.24) is 5.32 Å². The summed E-state index contributed by atoms with van der Waals surface area (Å²) in [5.41, 5.74) is -0.673. The maximum absolute atomic E-state index is 13.1. The summed E-state index contributed by atoms with van der Waals surface area (Å²) >= 11 is 0. The molecule has 0 heterocycles. The molecule has 8 nitrogen and oxygen atoms in total. The van der Waals surface area contributed by atoms with Crippen LogP contribution in [0.2, 0.25) is 0 Å². The second-order valence-corrected chi connectivity index (χ2v) is 15.6. The van der Waals surface area contributed by atoms with E-state index in [2.05, 4.69) is 46.9 Å². The van der Waals surface area contributed by atoms with Crippen LogP contribution in [0, 0.1) is 21.7 Å². The molecule has 226 valence electrons. The SMILES string of the molecule is CC(C)(C)CC(C)(C)CC(=O)NC(COC1CCCC(O)C(O)C1O)C(O)CC(O)C(C)(C)CC(C)(C)C. The van der Waals surface area contributed by atoms with Gasteiger partial charge in [0.2, 0.25) is 5.91 Å². The van der Waals surface area contributed by atoms with E-state index < -0.39 is 48.1 Å². The van der Waals surface area contributed by atoms with Crippen LogP contribution in [0.3, 0.4) is 0 Å². The van der Waals surface area contributed by atoms with E-state index in [0.29, 0.717) is 19.3 Å². The van der Waals surface area contributed by atoms with Crippen molar-refractivity contribution in [3.05, 3.63) is 0 Å². The normalized spacial score (nSPS) is 26.4. The zero-order valence-electron chi connectivity index (χ0n) is 25.8. The van der Waals surface area contributed by atoms with Crippen LogP contribution in [0.15, 0.2) is 0 Å². The van der Waals surface area contributed by atoms with Gasteiger partial charge in [0, 0.05) is 12.8 Å². The minimum atomic E-state index is -1.32. The Labute approximate surface area is 231 Å². The lowest BCUT2D eigenvalue weighted by molar-refractivity contribution is -0.132. The lowest BCUT2D eigenvalue weighted by Gasteiger charge is -2.38. The van der Waals surface area contributed by atoms with E-state index in [1.165, 1.54) is 0 Å². The number of ether oxygens (including phenoxy) is 1. The summed E-state index contributed by atoms with van der Waals surface area (Å²) in [5, 5.41) is 55.9. The minimum absolute atomic E-state index is 0.00811. The summed E-state index contributed by atoms with van der Waals surface area (Å²) in [6, 6.07) is -0.814. The molecule has 0 aliphatic heterocycles. The summed E-state index contributed by atoms with van der Waals surface area (Å²) in [5.74, 6) is -0.216. The van der Waals surface area contributed by atoms with Crippen LogP contribution in [-0.4, -0.2) is 80.7 Å². The van der Waals surface area contributed by atoms with Crippen molar-refractivity contribution >= 4 is 5.91 Å². The first kappa shape index (κ1) is 35.3. The van der Waals surface area contributed by atoms with Crippen molar-refractivity contribution in [3.63, 3.8) is 0 Å². The molecule has 38 heavy (non-hydrogen) atoms. The summed E-state index contributed by atoms with van der Waals surface area (Å²) < 4.78 is 5.96. The standard InChI is InChI=1S/C30H59NO7/c1-27(2,3)17-29(7,8)15-24(35)31-19(16-38-22-13-11-12-20(32)25(36)26(22)37)21(33)14-23(34)30(9,10)18-28(4,5)6/h19-23,25-26,32-34,36-37H,11-18H2,1-10H3,(H,31,35). The molecule has 1 fully saturated rings. The van der Waals surface area contributed by atoms with Gasteiger partial charge >= 0.3 is 0 Å². The number of hydrogen-bond donors (Lipinski definition) is 6. The highest BCUT2D eigenvalue weighted by Gasteiger charge is 2.38. The smallest absolute Gasteiger partial charge is 0.220 e. The van der Waals surface area contributed by atoms with Crippen LogP contribution in [0.25, 0.3) is 0 Å². The zero-order valence-corrected chi connectivity index (χ0v) is 25.8. The molecule has 6 N–H and O–H groups in total. The molecule has 1 saturated carbocycles. The fourth-order valence-electron chi connectivity index (χ4n) is 6.36. The molecule has 1 aliphatic rings. The van der Waals surface area contributed by atoms with Crippen molar-refractivity contribution < 1.29 is 35.1 Å². The number of rotatable bonds is 12. The fourth-order valence-corrected chi connectivity index (χ4v) is 6.36. The molecule has 0 radical (unpaired) electrons. The van der Waals surface area contributed by atoms with Crippen LogP contribution in [0.4, 0.5) is 0 Å². The third-order valence-electron chi connectivity index (χ3n) is 7.42. The van der Waals surface area contributed by atoms with Gasteiger partial charge in [0.1, 0.15) is 12.2 Å². The van der Waals surface area contributed by atoms with Gasteiger partial charge in [-0.15, -0.1) is 0 Å². The van der Waals surface area contributed by atoms with E-state index in [1.807, 2.05) is 27.7 Å². The molecule has 0 aromatic rings. The zero-order chi connectivity index (χ0) is 29.7. The molecule has 0 spiro atoms. The van der Waals surface area contributed by atoms with Crippen molar-refractivity contribution in [3.8, 4) is 0 Å². The van der Waals surface area contributed by atoms with Crippen LogP contribution < -0.4 is 5.32 Å². The minimum Gasteiger partial charge on any atom is -0.392 e. The van der Waals surface area contributed by atoms with Gasteiger partial charge in [-0.05, 0) is 53.8 Å². The summed E-state index contributed by atoms with van der Waals surface area (Å²) in [4.78, 5) is 13.1. The lowest BCUT2D eigenvalue weighted by Crippen LogP contribution is -2.51. The predicted octanol–water partition coefficient (Wildman–Crippen LogP) is 3.55. The Balaban J connectivity index is 3.02. The predicted molar refractivity (Wildman–Crippen MR) is 150 cm³/mol. The number of aliphatic hydroxyl groups is 5. The number of aliphatic hydroxyl groups excluding tert-OH is 5. The fraction of sp³-hybridized carbons (Fsp3) is 0.967. The number of carbonyl (C=O) groups is 1. The number of carbonyl (C=O) groups excluding carboxylic acids is 1. The van der Waals surface area contributed by atoms with Gasteiger partial charge in [0.15, 0.2) is 0 Å². The highest BCUT2D eigenvalue weighted by atomic mass is 16.5. The van der Waals surface area contributed by atoms with Crippen LogP contribution in [0.1, 0.15) is 114 Å². The largest absolute Gasteiger partial charge is 0.392 e. The lowest BCUT2D eigenvalue weighted by atomic mass is 9.71. The van der Waals surface area contributed by atoms with Gasteiger partial charge < -0.3 is 35.6 Å². The molecule has 7 atom stereocenters. The van der Waals surface area contributed by atoms with E-state index in [9.17, 15) is 30.3 Å². The van der Waals surface area contributed by atoms with Gasteiger partial charge in [0.25, 0.3) is 0 Å². The van der Waals surface area contributed by atoms with E-state index in [-0.39, 0.29) is 41.6 Å². The van der Waals surface area contributed by atoms with Crippen molar-refractivity contribution in [1.29, 1.82) is 0 Å². The quantitative estimate of drug-likeness (QED) is 0.206. The van der Waals surface area contributed by atoms with Crippen LogP contribution in [0.5, 0.6) is 0 Å². The molecule has 0 saturated heterocycles. The second-order valence-electron chi connectivity index (χ2n) is 15.6. The summed E-state index contributed by atoms with van der Waals surface area (Å²) in [6.45, 7) is 20.7. The topological polar surface area (TPSA) is 139 Å². The van der Waals surface area contributed by atoms with Gasteiger partial charge in [0.05, 0.1) is 37.1 Å². The molecule has 0 bridgehead atoms. The van der Waals surface area contributed by atoms with E-state index in [0.717, 1.165) is 12.8 Å². The van der Waals surface area contributed by atoms with Crippen LogP contribution >= 0.6 is 0 Å². The van der Waals surface area contributed by atoms with Gasteiger partial charge in [-0.3, -0.25) is 4.79 Å². The van der Waals surface area contributed by atoms with Crippen LogP contribution in [-0.2, 0) is 9.53 Å². The molecule has 1 rings (SSSR count). The van der Waals surface area contributed by atoms with Crippen molar-refractivity contribution in [2.45, 2.75) is 157 Å². The van der Waals surface area contributed by atoms with Crippen molar-refractivity contribution in [2.24, 2.45) is 21.7 Å². The Morgan fingerprint density at radius 2 is 1.42 bits per heavy atom. The van der Waals surface area contributed by atoms with E-state index >= 15 is 0 Å². The highest BCUT2D eigenvalue weighted by molar-refractivity contribution is 5.77. The van der Waals surface area contributed by atoms with Gasteiger partial charge in [-0.1, -0.05) is 69.2 Å². The Bertz CT molecular complexity index is 725. The van der Waals surface area contributed by atoms with Gasteiger partial charge in [-0.2, -0.15) is 0 Å². The molecule has 0 aromatic carbocycles.